The molecule has 0 aliphatic carbocycles. The van der Waals surface area contributed by atoms with E-state index in [4.69, 9.17) is 10.2 Å². The van der Waals surface area contributed by atoms with Crippen LogP contribution in [0.2, 0.25) is 0 Å². The van der Waals surface area contributed by atoms with Gasteiger partial charge in [-0.3, -0.25) is 0 Å². The average molecular weight is 328 g/mol. The Morgan fingerprint density at radius 2 is 0.857 bits per heavy atom. The average Bonchev–Trinajstić information content (AvgIpc) is 2.04. The summed E-state index contributed by atoms with van der Waals surface area (Å²) in [6, 6.07) is 5.20. The summed E-state index contributed by atoms with van der Waals surface area (Å²) in [6.45, 7) is 0. The van der Waals surface area contributed by atoms with Gasteiger partial charge in [-0.05, 0) is 18.2 Å². The molecular weight excluding hydrogens is 304 g/mol. The van der Waals surface area contributed by atoms with Gasteiger partial charge in [0, 0.05) is 0 Å². The number of aromatic carboxylic acids is 2. The van der Waals surface area contributed by atoms with Crippen LogP contribution < -0.4 is 0 Å². The van der Waals surface area contributed by atoms with Gasteiger partial charge < -0.3 is 59.5 Å². The second-order valence-electron chi connectivity index (χ2n) is 2.19. The molecule has 1 aromatic carbocycles. The molecule has 13 nitrogen and oxygen atoms in total. The third kappa shape index (κ3) is 17.8. The molecule has 1 rings (SSSR count). The van der Waals surface area contributed by atoms with Crippen LogP contribution in [0.3, 0.4) is 0 Å². The number of carbonyl (C=O) groups is 2. The van der Waals surface area contributed by atoms with E-state index in [1.54, 1.807) is 0 Å². The molecule has 0 bridgehead atoms. The zero-order valence-electron chi connectivity index (χ0n) is 10.5. The number of carboxylic acid groups (broad SMARTS) is 2. The lowest BCUT2D eigenvalue weighted by atomic mass is 10.1. The molecule has 1 aromatic rings. The van der Waals surface area contributed by atoms with Crippen molar-refractivity contribution in [1.29, 1.82) is 0 Å². The minimum absolute atomic E-state index is 0. The monoisotopic (exact) mass is 328 g/mol. The third-order valence-corrected chi connectivity index (χ3v) is 1.36. The van der Waals surface area contributed by atoms with Crippen molar-refractivity contribution in [1.82, 2.24) is 0 Å². The lowest BCUT2D eigenvalue weighted by Crippen LogP contribution is -2.01. The van der Waals surface area contributed by atoms with Gasteiger partial charge >= 0.3 is 11.9 Å². The van der Waals surface area contributed by atoms with Gasteiger partial charge in [0.25, 0.3) is 0 Å². The summed E-state index contributed by atoms with van der Waals surface area (Å²) in [5.74, 6) is -2.25. The smallest absolute Gasteiger partial charge is 0.335 e. The molecule has 13 heteroatoms. The summed E-state index contributed by atoms with van der Waals surface area (Å²) < 4.78 is 0. The Balaban J connectivity index is -0.0000000229. The first-order chi connectivity index (χ1) is 5.61. The molecule has 134 valence electrons. The van der Waals surface area contributed by atoms with Gasteiger partial charge in [-0.25, -0.2) is 9.59 Å². The van der Waals surface area contributed by atoms with Crippen molar-refractivity contribution in [3.05, 3.63) is 35.4 Å². The highest BCUT2D eigenvalue weighted by atomic mass is 16.4. The van der Waals surface area contributed by atoms with Crippen LogP contribution in [0.4, 0.5) is 0 Å². The van der Waals surface area contributed by atoms with E-state index < -0.39 is 11.9 Å². The Labute approximate surface area is 117 Å². The fourth-order valence-electron chi connectivity index (χ4n) is 0.785. The van der Waals surface area contributed by atoms with Crippen molar-refractivity contribution in [3.63, 3.8) is 0 Å². The zero-order valence-corrected chi connectivity index (χ0v) is 10.5. The summed E-state index contributed by atoms with van der Waals surface area (Å²) >= 11 is 0. The Hall–Kier alpha value is -2.20. The molecule has 0 radical (unpaired) electrons. The molecule has 0 aliphatic rings. The minimum Gasteiger partial charge on any atom is -0.478 e. The summed E-state index contributed by atoms with van der Waals surface area (Å²) in [5, 5.41) is 17.0. The molecule has 21 heavy (non-hydrogen) atoms. The maximum atomic E-state index is 10.4. The van der Waals surface area contributed by atoms with Gasteiger partial charge in [0.1, 0.15) is 0 Å². The second kappa shape index (κ2) is 26.4. The molecule has 0 heterocycles. The highest BCUT2D eigenvalue weighted by Gasteiger charge is 2.06. The molecule has 0 unspecified atom stereocenters. The summed E-state index contributed by atoms with van der Waals surface area (Å²) in [5.41, 5.74) is -0.0372. The van der Waals surface area contributed by atoms with Crippen LogP contribution in [0.5, 0.6) is 0 Å². The lowest BCUT2D eigenvalue weighted by molar-refractivity contribution is 0.0696. The largest absolute Gasteiger partial charge is 0.478 e. The number of hydrogen-bond acceptors (Lipinski definition) is 2. The van der Waals surface area contributed by atoms with E-state index in [1.807, 2.05) is 0 Å². The Kier molecular flexibility index (Phi) is 77.9. The van der Waals surface area contributed by atoms with Crippen molar-refractivity contribution >= 4 is 11.9 Å². The number of carboxylic acids is 2. The van der Waals surface area contributed by atoms with Gasteiger partial charge in [-0.2, -0.15) is 0 Å². The fourth-order valence-corrected chi connectivity index (χ4v) is 0.785. The molecule has 0 amide bonds. The normalized spacial score (nSPS) is 5.33. The molecule has 0 aliphatic heterocycles. The maximum absolute atomic E-state index is 10.4. The standard InChI is InChI=1S/C8H6O4.9H2O/c9-7(10)5-2-1-3-6(4-5)8(11)12;;;;;;;;;/h1-4H,(H,9,10)(H,11,12);9*1H2. The molecule has 0 spiro atoms. The lowest BCUT2D eigenvalue weighted by Gasteiger charge is -1.95. The second-order valence-corrected chi connectivity index (χ2v) is 2.19. The summed E-state index contributed by atoms with van der Waals surface area (Å²) in [6.07, 6.45) is 0. The highest BCUT2D eigenvalue weighted by Crippen LogP contribution is 2.04. The Morgan fingerprint density at radius 3 is 1.05 bits per heavy atom. The minimum atomic E-state index is -1.13. The van der Waals surface area contributed by atoms with Gasteiger partial charge in [0.2, 0.25) is 0 Å². The van der Waals surface area contributed by atoms with Gasteiger partial charge in [-0.15, -0.1) is 0 Å². The van der Waals surface area contributed by atoms with E-state index in [9.17, 15) is 9.59 Å². The van der Waals surface area contributed by atoms with Crippen LogP contribution in [0.25, 0.3) is 0 Å². The molecule has 20 N–H and O–H groups in total. The number of hydrogen-bond donors (Lipinski definition) is 2. The quantitative estimate of drug-likeness (QED) is 0.533. The first kappa shape index (κ1) is 62.0. The van der Waals surface area contributed by atoms with Crippen LogP contribution in [0.15, 0.2) is 24.3 Å². The fraction of sp³-hybridized carbons (Fsp3) is 0. The van der Waals surface area contributed by atoms with Gasteiger partial charge in [0.15, 0.2) is 0 Å². The van der Waals surface area contributed by atoms with Gasteiger partial charge in [-0.1, -0.05) is 6.07 Å². The molecular formula is C8H24O13. The van der Waals surface area contributed by atoms with Crippen molar-refractivity contribution in [2.24, 2.45) is 0 Å². The van der Waals surface area contributed by atoms with Crippen molar-refractivity contribution in [3.8, 4) is 0 Å². The molecule has 0 saturated carbocycles. The van der Waals surface area contributed by atoms with E-state index in [0.717, 1.165) is 6.07 Å². The molecule has 0 saturated heterocycles. The van der Waals surface area contributed by atoms with Crippen LogP contribution in [-0.4, -0.2) is 71.4 Å². The SMILES string of the molecule is O.O.O.O.O.O.O.O.O.O=C(O)c1cccc(C(=O)O)c1. The van der Waals surface area contributed by atoms with Crippen LogP contribution in [0, 0.1) is 0 Å². The summed E-state index contributed by atoms with van der Waals surface area (Å²) in [7, 11) is 0. The predicted octanol–water partition coefficient (Wildman–Crippen LogP) is -6.34. The van der Waals surface area contributed by atoms with Crippen molar-refractivity contribution in [2.75, 3.05) is 0 Å². The van der Waals surface area contributed by atoms with Crippen molar-refractivity contribution < 1.29 is 69.1 Å². The van der Waals surface area contributed by atoms with E-state index in [2.05, 4.69) is 0 Å². The Bertz CT molecular complexity index is 309. The first-order valence-electron chi connectivity index (χ1n) is 3.18. The topological polar surface area (TPSA) is 358 Å². The maximum Gasteiger partial charge on any atom is 0.335 e. The predicted molar refractivity (Wildman–Crippen MR) is 72.9 cm³/mol. The van der Waals surface area contributed by atoms with Gasteiger partial charge in [0.05, 0.1) is 11.1 Å². The zero-order chi connectivity index (χ0) is 9.14. The molecule has 0 aromatic heterocycles. The van der Waals surface area contributed by atoms with Crippen LogP contribution >= 0.6 is 0 Å². The number of benzene rings is 1. The van der Waals surface area contributed by atoms with E-state index in [0.29, 0.717) is 0 Å². The van der Waals surface area contributed by atoms with E-state index in [1.165, 1.54) is 18.2 Å². The van der Waals surface area contributed by atoms with Crippen LogP contribution in [0.1, 0.15) is 20.7 Å². The molecule has 0 fully saturated rings. The number of rotatable bonds is 2. The summed E-state index contributed by atoms with van der Waals surface area (Å²) in [4.78, 5) is 20.8. The third-order valence-electron chi connectivity index (χ3n) is 1.36. The highest BCUT2D eigenvalue weighted by molar-refractivity contribution is 5.93. The van der Waals surface area contributed by atoms with Crippen molar-refractivity contribution in [2.45, 2.75) is 0 Å². The molecule has 0 atom stereocenters. The Morgan fingerprint density at radius 1 is 0.619 bits per heavy atom. The van der Waals surface area contributed by atoms with Crippen LogP contribution in [-0.2, 0) is 0 Å². The van der Waals surface area contributed by atoms with E-state index in [-0.39, 0.29) is 60.4 Å². The first-order valence-corrected chi connectivity index (χ1v) is 3.18. The van der Waals surface area contributed by atoms with E-state index >= 15 is 0 Å².